The molecule has 1 aliphatic rings. The summed E-state index contributed by atoms with van der Waals surface area (Å²) in [5.41, 5.74) is 1.35. The smallest absolute Gasteiger partial charge is 0.0601 e. The Kier molecular flexibility index (Phi) is 3.69. The van der Waals surface area contributed by atoms with Gasteiger partial charge in [0.1, 0.15) is 0 Å². The van der Waals surface area contributed by atoms with E-state index in [0.29, 0.717) is 12.1 Å². The Labute approximate surface area is 90.9 Å². The third-order valence-electron chi connectivity index (χ3n) is 3.02. The zero-order valence-electron chi connectivity index (χ0n) is 9.15. The van der Waals surface area contributed by atoms with Gasteiger partial charge in [-0.3, -0.25) is 4.98 Å². The highest BCUT2D eigenvalue weighted by atomic mass is 16.5. The van der Waals surface area contributed by atoms with E-state index in [-0.39, 0.29) is 0 Å². The third-order valence-corrected chi connectivity index (χ3v) is 3.02. The summed E-state index contributed by atoms with van der Waals surface area (Å²) in [6, 6.07) is 4.80. The molecule has 82 valence electrons. The van der Waals surface area contributed by atoms with Crippen molar-refractivity contribution in [1.29, 1.82) is 0 Å². The van der Waals surface area contributed by atoms with E-state index in [1.54, 1.807) is 7.11 Å². The van der Waals surface area contributed by atoms with Crippen LogP contribution in [0.15, 0.2) is 24.5 Å². The highest BCUT2D eigenvalue weighted by Gasteiger charge is 2.27. The van der Waals surface area contributed by atoms with E-state index >= 15 is 0 Å². The molecule has 2 rings (SSSR count). The summed E-state index contributed by atoms with van der Waals surface area (Å²) in [5, 5.41) is 3.53. The number of rotatable bonds is 5. The molecule has 0 aromatic carbocycles. The van der Waals surface area contributed by atoms with Gasteiger partial charge in [0.2, 0.25) is 0 Å². The van der Waals surface area contributed by atoms with Crippen LogP contribution in [0.4, 0.5) is 0 Å². The number of hydrogen-bond donors (Lipinski definition) is 1. The zero-order valence-corrected chi connectivity index (χ0v) is 9.15. The topological polar surface area (TPSA) is 34.1 Å². The first-order valence-electron chi connectivity index (χ1n) is 5.53. The fourth-order valence-corrected chi connectivity index (χ4v) is 1.89. The number of hydrogen-bond acceptors (Lipinski definition) is 3. The number of pyridine rings is 1. The van der Waals surface area contributed by atoms with Gasteiger partial charge in [-0.1, -0.05) is 0 Å². The van der Waals surface area contributed by atoms with Crippen LogP contribution in [0, 0.1) is 0 Å². The molecule has 0 amide bonds. The highest BCUT2D eigenvalue weighted by molar-refractivity contribution is 5.09. The van der Waals surface area contributed by atoms with E-state index in [0.717, 1.165) is 25.8 Å². The Morgan fingerprint density at radius 2 is 2.13 bits per heavy atom. The Balaban J connectivity index is 1.60. The quantitative estimate of drug-likeness (QED) is 0.790. The van der Waals surface area contributed by atoms with E-state index in [9.17, 15) is 0 Å². The fraction of sp³-hybridized carbons (Fsp3) is 0.583. The van der Waals surface area contributed by atoms with E-state index in [2.05, 4.69) is 22.4 Å². The normalized spacial score (nSPS) is 24.9. The van der Waals surface area contributed by atoms with Crippen molar-refractivity contribution in [3.05, 3.63) is 30.1 Å². The van der Waals surface area contributed by atoms with Crippen LogP contribution in [0.25, 0.3) is 0 Å². The minimum Gasteiger partial charge on any atom is -0.381 e. The molecule has 1 saturated carbocycles. The van der Waals surface area contributed by atoms with Gasteiger partial charge in [0.15, 0.2) is 0 Å². The summed E-state index contributed by atoms with van der Waals surface area (Å²) in [5.74, 6) is 0. The van der Waals surface area contributed by atoms with Crippen LogP contribution >= 0.6 is 0 Å². The number of aromatic nitrogens is 1. The van der Waals surface area contributed by atoms with Gasteiger partial charge >= 0.3 is 0 Å². The summed E-state index contributed by atoms with van der Waals surface area (Å²) in [6.07, 6.45) is 7.58. The maximum atomic E-state index is 5.23. The van der Waals surface area contributed by atoms with Crippen LogP contribution in [0.5, 0.6) is 0 Å². The van der Waals surface area contributed by atoms with Crippen LogP contribution in [0.1, 0.15) is 18.4 Å². The average molecular weight is 206 g/mol. The molecule has 0 unspecified atom stereocenters. The van der Waals surface area contributed by atoms with Crippen molar-refractivity contribution in [2.24, 2.45) is 0 Å². The SMILES string of the molecule is COC1CC(NCCc2ccncc2)C1. The van der Waals surface area contributed by atoms with Gasteiger partial charge in [-0.05, 0) is 43.5 Å². The lowest BCUT2D eigenvalue weighted by Crippen LogP contribution is -2.45. The highest BCUT2D eigenvalue weighted by Crippen LogP contribution is 2.22. The lowest BCUT2D eigenvalue weighted by Gasteiger charge is -2.34. The summed E-state index contributed by atoms with van der Waals surface area (Å²) < 4.78 is 5.23. The maximum absolute atomic E-state index is 5.23. The largest absolute Gasteiger partial charge is 0.381 e. The second kappa shape index (κ2) is 5.24. The molecule has 1 aromatic heterocycles. The molecule has 0 saturated heterocycles. The van der Waals surface area contributed by atoms with E-state index in [1.165, 1.54) is 5.56 Å². The minimum atomic E-state index is 0.489. The monoisotopic (exact) mass is 206 g/mol. The van der Waals surface area contributed by atoms with Crippen LogP contribution in [0.3, 0.4) is 0 Å². The van der Waals surface area contributed by atoms with Gasteiger partial charge in [0, 0.05) is 25.5 Å². The van der Waals surface area contributed by atoms with Gasteiger partial charge in [0.25, 0.3) is 0 Å². The second-order valence-corrected chi connectivity index (χ2v) is 4.09. The Bertz CT molecular complexity index is 283. The summed E-state index contributed by atoms with van der Waals surface area (Å²) in [4.78, 5) is 4.00. The van der Waals surface area contributed by atoms with Crippen molar-refractivity contribution in [2.75, 3.05) is 13.7 Å². The molecule has 0 radical (unpaired) electrons. The number of nitrogens with zero attached hydrogens (tertiary/aromatic N) is 1. The molecule has 0 atom stereocenters. The molecule has 1 aromatic rings. The first-order valence-corrected chi connectivity index (χ1v) is 5.53. The van der Waals surface area contributed by atoms with Gasteiger partial charge < -0.3 is 10.1 Å². The molecular formula is C12H18N2O. The van der Waals surface area contributed by atoms with Crippen molar-refractivity contribution in [3.63, 3.8) is 0 Å². The third kappa shape index (κ3) is 3.01. The molecule has 1 N–H and O–H groups in total. The Morgan fingerprint density at radius 1 is 1.40 bits per heavy atom. The summed E-state index contributed by atoms with van der Waals surface area (Å²) >= 11 is 0. The van der Waals surface area contributed by atoms with Crippen LogP contribution in [-0.4, -0.2) is 30.8 Å². The molecular weight excluding hydrogens is 188 g/mol. The average Bonchev–Trinajstić information content (AvgIpc) is 2.23. The van der Waals surface area contributed by atoms with Crippen molar-refractivity contribution in [3.8, 4) is 0 Å². The first kappa shape index (κ1) is 10.6. The van der Waals surface area contributed by atoms with Crippen molar-refractivity contribution in [1.82, 2.24) is 10.3 Å². The molecule has 15 heavy (non-hydrogen) atoms. The van der Waals surface area contributed by atoms with Crippen LogP contribution < -0.4 is 5.32 Å². The second-order valence-electron chi connectivity index (χ2n) is 4.09. The lowest BCUT2D eigenvalue weighted by molar-refractivity contribution is 0.0177. The van der Waals surface area contributed by atoms with E-state index < -0.39 is 0 Å². The zero-order chi connectivity index (χ0) is 10.5. The standard InChI is InChI=1S/C12H18N2O/c1-15-12-8-11(9-12)14-7-4-10-2-5-13-6-3-10/h2-3,5-6,11-12,14H,4,7-9H2,1H3. The fourth-order valence-electron chi connectivity index (χ4n) is 1.89. The van der Waals surface area contributed by atoms with Crippen LogP contribution in [-0.2, 0) is 11.2 Å². The van der Waals surface area contributed by atoms with Gasteiger partial charge in [-0.25, -0.2) is 0 Å². The molecule has 1 heterocycles. The number of methoxy groups -OCH3 is 1. The lowest BCUT2D eigenvalue weighted by atomic mass is 9.89. The van der Waals surface area contributed by atoms with Gasteiger partial charge in [-0.15, -0.1) is 0 Å². The summed E-state index contributed by atoms with van der Waals surface area (Å²) in [6.45, 7) is 1.05. The molecule has 0 bridgehead atoms. The predicted molar refractivity (Wildman–Crippen MR) is 59.8 cm³/mol. The number of ether oxygens (including phenoxy) is 1. The van der Waals surface area contributed by atoms with Crippen LogP contribution in [0.2, 0.25) is 0 Å². The molecule has 1 fully saturated rings. The van der Waals surface area contributed by atoms with Gasteiger partial charge in [0.05, 0.1) is 6.10 Å². The maximum Gasteiger partial charge on any atom is 0.0601 e. The van der Waals surface area contributed by atoms with E-state index in [1.807, 2.05) is 12.4 Å². The molecule has 0 spiro atoms. The van der Waals surface area contributed by atoms with Crippen molar-refractivity contribution < 1.29 is 4.74 Å². The molecule has 3 heteroatoms. The Hall–Kier alpha value is -0.930. The molecule has 0 aliphatic heterocycles. The van der Waals surface area contributed by atoms with E-state index in [4.69, 9.17) is 4.74 Å². The Morgan fingerprint density at radius 3 is 2.80 bits per heavy atom. The first-order chi connectivity index (χ1) is 7.38. The number of nitrogens with one attached hydrogen (secondary N) is 1. The van der Waals surface area contributed by atoms with Gasteiger partial charge in [-0.2, -0.15) is 0 Å². The molecule has 1 aliphatic carbocycles. The minimum absolute atomic E-state index is 0.489. The molecule has 3 nitrogen and oxygen atoms in total. The van der Waals surface area contributed by atoms with Crippen molar-refractivity contribution >= 4 is 0 Å². The summed E-state index contributed by atoms with van der Waals surface area (Å²) in [7, 11) is 1.79. The van der Waals surface area contributed by atoms with Crippen molar-refractivity contribution in [2.45, 2.75) is 31.4 Å². The predicted octanol–water partition coefficient (Wildman–Crippen LogP) is 1.39.